The van der Waals surface area contributed by atoms with E-state index in [1.54, 1.807) is 19.1 Å². The number of halogens is 3. The Morgan fingerprint density at radius 3 is 1.96 bits per heavy atom. The molecule has 0 saturated heterocycles. The van der Waals surface area contributed by atoms with Gasteiger partial charge >= 0.3 is 6.18 Å². The van der Waals surface area contributed by atoms with Crippen molar-refractivity contribution >= 4 is 15.7 Å². The molecule has 8 heteroatoms. The van der Waals surface area contributed by atoms with E-state index in [1.165, 1.54) is 12.1 Å². The van der Waals surface area contributed by atoms with Crippen LogP contribution in [0, 0.1) is 0 Å². The van der Waals surface area contributed by atoms with Gasteiger partial charge in [0.2, 0.25) is 0 Å². The van der Waals surface area contributed by atoms with Crippen LogP contribution in [0.5, 0.6) is 0 Å². The van der Waals surface area contributed by atoms with Crippen molar-refractivity contribution in [2.75, 3.05) is 6.26 Å². The molecular weight excluding hydrogens is 355 g/mol. The number of amides is 1. The molecule has 1 N–H and O–H groups in total. The van der Waals surface area contributed by atoms with E-state index in [2.05, 4.69) is 5.32 Å². The molecule has 0 heterocycles. The van der Waals surface area contributed by atoms with E-state index in [9.17, 15) is 26.4 Å². The zero-order valence-corrected chi connectivity index (χ0v) is 14.3. The molecule has 4 nitrogen and oxygen atoms in total. The number of hydrogen-bond donors (Lipinski definition) is 1. The van der Waals surface area contributed by atoms with Crippen molar-refractivity contribution in [3.63, 3.8) is 0 Å². The van der Waals surface area contributed by atoms with Crippen LogP contribution in [-0.2, 0) is 16.0 Å². The van der Waals surface area contributed by atoms with Crippen LogP contribution in [-0.4, -0.2) is 20.6 Å². The fourth-order valence-electron chi connectivity index (χ4n) is 2.18. The monoisotopic (exact) mass is 371 g/mol. The molecule has 0 bridgehead atoms. The van der Waals surface area contributed by atoms with Crippen molar-refractivity contribution in [2.45, 2.75) is 24.0 Å². The minimum Gasteiger partial charge on any atom is -0.346 e. The van der Waals surface area contributed by atoms with Gasteiger partial charge in [-0.3, -0.25) is 4.79 Å². The lowest BCUT2D eigenvalue weighted by Gasteiger charge is -2.15. The first-order valence-corrected chi connectivity index (χ1v) is 9.16. The number of benzene rings is 2. The first-order valence-electron chi connectivity index (χ1n) is 7.26. The standard InChI is InChI=1S/C17H16F3NO3S/c1-11(12-5-9-15(10-6-12)25(2,23)24)21-16(22)13-3-7-14(8-4-13)17(18,19)20/h3-11H,1-2H3,(H,21,22)/t11-/m1/s1. The van der Waals surface area contributed by atoms with Gasteiger partial charge in [-0.1, -0.05) is 12.1 Å². The summed E-state index contributed by atoms with van der Waals surface area (Å²) in [6, 6.07) is 9.50. The second-order valence-corrected chi connectivity index (χ2v) is 7.63. The largest absolute Gasteiger partial charge is 0.416 e. The fourth-order valence-corrected chi connectivity index (χ4v) is 2.81. The third-order valence-corrected chi connectivity index (χ3v) is 4.76. The highest BCUT2D eigenvalue weighted by molar-refractivity contribution is 7.90. The van der Waals surface area contributed by atoms with E-state index in [-0.39, 0.29) is 10.5 Å². The number of sulfone groups is 1. The van der Waals surface area contributed by atoms with Gasteiger partial charge in [-0.25, -0.2) is 8.42 Å². The summed E-state index contributed by atoms with van der Waals surface area (Å²) in [5.41, 5.74) is -0.0475. The molecule has 134 valence electrons. The highest BCUT2D eigenvalue weighted by atomic mass is 32.2. The van der Waals surface area contributed by atoms with E-state index >= 15 is 0 Å². The lowest BCUT2D eigenvalue weighted by molar-refractivity contribution is -0.137. The summed E-state index contributed by atoms with van der Waals surface area (Å²) in [5.74, 6) is -0.520. The number of carbonyl (C=O) groups excluding carboxylic acids is 1. The van der Waals surface area contributed by atoms with Crippen molar-refractivity contribution in [2.24, 2.45) is 0 Å². The topological polar surface area (TPSA) is 63.2 Å². The van der Waals surface area contributed by atoms with Gasteiger partial charge in [0, 0.05) is 11.8 Å². The Balaban J connectivity index is 2.09. The molecule has 0 radical (unpaired) electrons. The Labute approximate surface area is 143 Å². The molecule has 0 aromatic heterocycles. The quantitative estimate of drug-likeness (QED) is 0.893. The molecule has 0 fully saturated rings. The van der Waals surface area contributed by atoms with Crippen LogP contribution in [0.2, 0.25) is 0 Å². The summed E-state index contributed by atoms with van der Waals surface area (Å²) in [5, 5.41) is 2.66. The van der Waals surface area contributed by atoms with Crippen LogP contribution >= 0.6 is 0 Å². The van der Waals surface area contributed by atoms with Crippen molar-refractivity contribution in [1.29, 1.82) is 0 Å². The van der Waals surface area contributed by atoms with Crippen LogP contribution in [0.3, 0.4) is 0 Å². The van der Waals surface area contributed by atoms with Crippen LogP contribution in [0.25, 0.3) is 0 Å². The summed E-state index contributed by atoms with van der Waals surface area (Å²) in [6.07, 6.45) is -3.36. The Morgan fingerprint density at radius 1 is 1.00 bits per heavy atom. The van der Waals surface area contributed by atoms with E-state index in [0.29, 0.717) is 5.56 Å². The second kappa shape index (κ2) is 6.87. The Kier molecular flexibility index (Phi) is 5.22. The number of rotatable bonds is 4. The zero-order chi connectivity index (χ0) is 18.8. The lowest BCUT2D eigenvalue weighted by atomic mass is 10.1. The summed E-state index contributed by atoms with van der Waals surface area (Å²) in [7, 11) is -3.31. The number of hydrogen-bond acceptors (Lipinski definition) is 3. The van der Waals surface area contributed by atoms with Crippen LogP contribution in [0.1, 0.15) is 34.5 Å². The molecule has 1 amide bonds. The van der Waals surface area contributed by atoms with Gasteiger partial charge in [0.1, 0.15) is 0 Å². The van der Waals surface area contributed by atoms with Crippen LogP contribution < -0.4 is 5.32 Å². The maximum absolute atomic E-state index is 12.5. The normalized spacial score (nSPS) is 13.3. The highest BCUT2D eigenvalue weighted by Gasteiger charge is 2.30. The van der Waals surface area contributed by atoms with Crippen LogP contribution in [0.4, 0.5) is 13.2 Å². The second-order valence-electron chi connectivity index (χ2n) is 5.61. The molecule has 0 aliphatic carbocycles. The van der Waals surface area contributed by atoms with Crippen LogP contribution in [0.15, 0.2) is 53.4 Å². The molecular formula is C17H16F3NO3S. The molecule has 2 aromatic rings. The predicted molar refractivity (Wildman–Crippen MR) is 86.9 cm³/mol. The molecule has 0 saturated carbocycles. The average molecular weight is 371 g/mol. The summed E-state index contributed by atoms with van der Waals surface area (Å²) < 4.78 is 60.4. The first-order chi connectivity index (χ1) is 11.5. The van der Waals surface area contributed by atoms with Gasteiger partial charge in [0.15, 0.2) is 9.84 Å². The zero-order valence-electron chi connectivity index (χ0n) is 13.5. The third-order valence-electron chi connectivity index (χ3n) is 3.63. The number of carbonyl (C=O) groups is 1. The number of alkyl halides is 3. The Hall–Kier alpha value is -2.35. The molecule has 0 aliphatic heterocycles. The summed E-state index contributed by atoms with van der Waals surface area (Å²) >= 11 is 0. The average Bonchev–Trinajstić information content (AvgIpc) is 2.53. The first kappa shape index (κ1) is 19.0. The minimum absolute atomic E-state index is 0.104. The van der Waals surface area contributed by atoms with Gasteiger partial charge in [-0.15, -0.1) is 0 Å². The smallest absolute Gasteiger partial charge is 0.346 e. The molecule has 25 heavy (non-hydrogen) atoms. The van der Waals surface area contributed by atoms with Gasteiger partial charge < -0.3 is 5.32 Å². The van der Waals surface area contributed by atoms with Gasteiger partial charge in [0.25, 0.3) is 5.91 Å². The molecule has 2 rings (SSSR count). The highest BCUT2D eigenvalue weighted by Crippen LogP contribution is 2.29. The summed E-state index contributed by atoms with van der Waals surface area (Å²) in [4.78, 5) is 12.3. The van der Waals surface area contributed by atoms with E-state index in [1.807, 2.05) is 0 Å². The lowest BCUT2D eigenvalue weighted by Crippen LogP contribution is -2.26. The maximum Gasteiger partial charge on any atom is 0.416 e. The van der Waals surface area contributed by atoms with Gasteiger partial charge in [-0.2, -0.15) is 13.2 Å². The SMILES string of the molecule is C[C@@H](NC(=O)c1ccc(C(F)(F)F)cc1)c1ccc(S(C)(=O)=O)cc1. The Morgan fingerprint density at radius 2 is 1.52 bits per heavy atom. The van der Waals surface area contributed by atoms with E-state index in [4.69, 9.17) is 0 Å². The van der Waals surface area contributed by atoms with Crippen molar-refractivity contribution in [3.05, 3.63) is 65.2 Å². The fraction of sp³-hybridized carbons (Fsp3) is 0.235. The molecule has 2 aromatic carbocycles. The maximum atomic E-state index is 12.5. The molecule has 0 spiro atoms. The molecule has 0 unspecified atom stereocenters. The summed E-state index contributed by atoms with van der Waals surface area (Å²) in [6.45, 7) is 1.69. The molecule has 0 aliphatic rings. The number of nitrogens with one attached hydrogen (secondary N) is 1. The predicted octanol–water partition coefficient (Wildman–Crippen LogP) is 3.60. The molecule has 1 atom stereocenters. The van der Waals surface area contributed by atoms with Crippen molar-refractivity contribution in [1.82, 2.24) is 5.32 Å². The Bertz CT molecular complexity index is 858. The van der Waals surface area contributed by atoms with Crippen molar-refractivity contribution < 1.29 is 26.4 Å². The van der Waals surface area contributed by atoms with Crippen molar-refractivity contribution in [3.8, 4) is 0 Å². The third kappa shape index (κ3) is 4.82. The van der Waals surface area contributed by atoms with Gasteiger partial charge in [0.05, 0.1) is 16.5 Å². The van der Waals surface area contributed by atoms with Gasteiger partial charge in [-0.05, 0) is 48.9 Å². The van der Waals surface area contributed by atoms with E-state index < -0.39 is 33.5 Å². The van der Waals surface area contributed by atoms with E-state index in [0.717, 1.165) is 30.5 Å². The minimum atomic E-state index is -4.45.